The minimum absolute atomic E-state index is 0.0334. The fourth-order valence-corrected chi connectivity index (χ4v) is 2.27. The van der Waals surface area contributed by atoms with Crippen molar-refractivity contribution in [3.8, 4) is 17.3 Å². The number of rotatable bonds is 5. The third-order valence-corrected chi connectivity index (χ3v) is 3.45. The van der Waals surface area contributed by atoms with Crippen molar-refractivity contribution in [1.29, 1.82) is 5.26 Å². The molecule has 1 aromatic carbocycles. The number of anilines is 2. The van der Waals surface area contributed by atoms with Crippen LogP contribution in [0, 0.1) is 18.3 Å². The van der Waals surface area contributed by atoms with Gasteiger partial charge in [0.15, 0.2) is 0 Å². The van der Waals surface area contributed by atoms with E-state index >= 15 is 0 Å². The van der Waals surface area contributed by atoms with Gasteiger partial charge < -0.3 is 10.6 Å². The summed E-state index contributed by atoms with van der Waals surface area (Å²) in [5, 5.41) is 20.7. The van der Waals surface area contributed by atoms with Gasteiger partial charge in [0, 0.05) is 23.5 Å². The van der Waals surface area contributed by atoms with E-state index in [2.05, 4.69) is 30.8 Å². The lowest BCUT2D eigenvalue weighted by atomic mass is 10.0. The van der Waals surface area contributed by atoms with Gasteiger partial charge in [-0.3, -0.25) is 9.89 Å². The zero-order valence-electron chi connectivity index (χ0n) is 13.4. The third-order valence-electron chi connectivity index (χ3n) is 3.45. The lowest BCUT2D eigenvalue weighted by molar-refractivity contribution is 0.0958. The number of benzene rings is 1. The van der Waals surface area contributed by atoms with Crippen LogP contribution in [0.15, 0.2) is 42.9 Å². The first kappa shape index (κ1) is 16.1. The molecule has 3 rings (SSSR count). The van der Waals surface area contributed by atoms with Gasteiger partial charge in [0.05, 0.1) is 23.6 Å². The zero-order chi connectivity index (χ0) is 17.6. The Morgan fingerprint density at radius 2 is 2.24 bits per heavy atom. The summed E-state index contributed by atoms with van der Waals surface area (Å²) in [6.07, 6.45) is 5.04. The minimum atomic E-state index is -0.299. The Balaban J connectivity index is 1.90. The van der Waals surface area contributed by atoms with Crippen molar-refractivity contribution in [1.82, 2.24) is 25.5 Å². The van der Waals surface area contributed by atoms with E-state index in [4.69, 9.17) is 5.26 Å². The molecule has 0 fully saturated rings. The first-order valence-electron chi connectivity index (χ1n) is 7.52. The monoisotopic (exact) mass is 333 g/mol. The number of H-pyrrole nitrogens is 1. The average molecular weight is 333 g/mol. The first-order valence-corrected chi connectivity index (χ1v) is 7.52. The predicted octanol–water partition coefficient (Wildman–Crippen LogP) is 2.17. The third kappa shape index (κ3) is 3.79. The number of aryl methyl sites for hydroxylation is 1. The van der Waals surface area contributed by atoms with E-state index in [1.165, 1.54) is 0 Å². The Kier molecular flexibility index (Phi) is 4.67. The number of nitrogens with zero attached hydrogens (tertiary/aromatic N) is 4. The van der Waals surface area contributed by atoms with Crippen LogP contribution in [0.3, 0.4) is 0 Å². The maximum Gasteiger partial charge on any atom is 0.252 e. The highest BCUT2D eigenvalue weighted by Crippen LogP contribution is 2.23. The van der Waals surface area contributed by atoms with E-state index in [1.54, 1.807) is 36.8 Å². The second kappa shape index (κ2) is 7.23. The summed E-state index contributed by atoms with van der Waals surface area (Å²) in [5.41, 5.74) is 3.61. The Morgan fingerprint density at radius 3 is 3.00 bits per heavy atom. The van der Waals surface area contributed by atoms with Crippen LogP contribution in [0.5, 0.6) is 0 Å². The topological polar surface area (TPSA) is 119 Å². The molecule has 0 aliphatic rings. The molecule has 25 heavy (non-hydrogen) atoms. The molecule has 0 saturated heterocycles. The molecule has 0 saturated carbocycles. The van der Waals surface area contributed by atoms with E-state index in [0.717, 1.165) is 22.5 Å². The molecule has 0 bridgehead atoms. The van der Waals surface area contributed by atoms with Gasteiger partial charge in [0.1, 0.15) is 6.54 Å². The minimum Gasteiger partial charge on any atom is -0.339 e. The molecular formula is C17H15N7O. The first-order chi connectivity index (χ1) is 12.2. The number of nitriles is 1. The molecule has 8 nitrogen and oxygen atoms in total. The smallest absolute Gasteiger partial charge is 0.252 e. The number of nitrogens with one attached hydrogen (secondary N) is 3. The van der Waals surface area contributed by atoms with E-state index in [9.17, 15) is 4.79 Å². The Hall–Kier alpha value is -3.73. The van der Waals surface area contributed by atoms with Crippen molar-refractivity contribution >= 4 is 17.5 Å². The molecule has 124 valence electrons. The summed E-state index contributed by atoms with van der Waals surface area (Å²) in [4.78, 5) is 20.8. The van der Waals surface area contributed by atoms with Crippen molar-refractivity contribution in [2.45, 2.75) is 6.92 Å². The summed E-state index contributed by atoms with van der Waals surface area (Å²) < 4.78 is 0. The number of hydrogen-bond donors (Lipinski definition) is 3. The van der Waals surface area contributed by atoms with Crippen molar-refractivity contribution in [3.63, 3.8) is 0 Å². The SMILES string of the molecule is Cc1cnc(Nc2cn[nH]c2)nc1-c1cccc(C(=O)NCC#N)c1. The summed E-state index contributed by atoms with van der Waals surface area (Å²) in [7, 11) is 0. The molecule has 8 heteroatoms. The molecule has 1 amide bonds. The van der Waals surface area contributed by atoms with E-state index in [-0.39, 0.29) is 12.5 Å². The standard InChI is InChI=1S/C17H15N7O/c1-11-8-20-17(23-14-9-21-22-10-14)24-15(11)12-3-2-4-13(7-12)16(25)19-6-5-18/h2-4,7-10H,6H2,1H3,(H,19,25)(H,21,22)(H,20,23,24). The molecule has 0 atom stereocenters. The van der Waals surface area contributed by atoms with Gasteiger partial charge in [-0.05, 0) is 24.6 Å². The van der Waals surface area contributed by atoms with Gasteiger partial charge in [0.2, 0.25) is 5.95 Å². The summed E-state index contributed by atoms with van der Waals surface area (Å²) >= 11 is 0. The normalized spacial score (nSPS) is 10.1. The Morgan fingerprint density at radius 1 is 1.36 bits per heavy atom. The lowest BCUT2D eigenvalue weighted by Crippen LogP contribution is -2.23. The quantitative estimate of drug-likeness (QED) is 0.616. The number of amides is 1. The molecular weight excluding hydrogens is 318 g/mol. The van der Waals surface area contributed by atoms with E-state index in [0.29, 0.717) is 11.5 Å². The van der Waals surface area contributed by atoms with Gasteiger partial charge >= 0.3 is 0 Å². The van der Waals surface area contributed by atoms with Crippen LogP contribution < -0.4 is 10.6 Å². The summed E-state index contributed by atoms with van der Waals surface area (Å²) in [6.45, 7) is 1.87. The molecule has 3 N–H and O–H groups in total. The van der Waals surface area contributed by atoms with E-state index in [1.807, 2.05) is 19.1 Å². The van der Waals surface area contributed by atoms with Crippen molar-refractivity contribution in [2.75, 3.05) is 11.9 Å². The van der Waals surface area contributed by atoms with Crippen LogP contribution >= 0.6 is 0 Å². The zero-order valence-corrected chi connectivity index (χ0v) is 13.4. The van der Waals surface area contributed by atoms with Gasteiger partial charge in [-0.1, -0.05) is 12.1 Å². The van der Waals surface area contributed by atoms with Crippen LogP contribution in [0.2, 0.25) is 0 Å². The summed E-state index contributed by atoms with van der Waals surface area (Å²) in [6, 6.07) is 8.97. The van der Waals surface area contributed by atoms with Crippen LogP contribution in [0.4, 0.5) is 11.6 Å². The molecule has 0 aliphatic heterocycles. The average Bonchev–Trinajstić information content (AvgIpc) is 3.14. The highest BCUT2D eigenvalue weighted by atomic mass is 16.1. The molecule has 2 heterocycles. The molecule has 2 aromatic heterocycles. The maximum absolute atomic E-state index is 12.0. The van der Waals surface area contributed by atoms with Crippen LogP contribution in [0.1, 0.15) is 15.9 Å². The fourth-order valence-electron chi connectivity index (χ4n) is 2.27. The highest BCUT2D eigenvalue weighted by molar-refractivity contribution is 5.95. The highest BCUT2D eigenvalue weighted by Gasteiger charge is 2.11. The number of carbonyl (C=O) groups is 1. The van der Waals surface area contributed by atoms with Crippen LogP contribution in [-0.4, -0.2) is 32.6 Å². The molecule has 0 spiro atoms. The predicted molar refractivity (Wildman–Crippen MR) is 92.0 cm³/mol. The second-order valence-electron chi connectivity index (χ2n) is 5.26. The van der Waals surface area contributed by atoms with Crippen molar-refractivity contribution < 1.29 is 4.79 Å². The number of aromatic amines is 1. The Labute approximate surface area is 143 Å². The number of carbonyl (C=O) groups excluding carboxylic acids is 1. The molecule has 3 aromatic rings. The number of aromatic nitrogens is 4. The van der Waals surface area contributed by atoms with Crippen molar-refractivity contribution in [2.24, 2.45) is 0 Å². The molecule has 0 unspecified atom stereocenters. The fraction of sp³-hybridized carbons (Fsp3) is 0.118. The maximum atomic E-state index is 12.0. The van der Waals surface area contributed by atoms with Crippen LogP contribution in [0.25, 0.3) is 11.3 Å². The Bertz CT molecular complexity index is 928. The summed E-state index contributed by atoms with van der Waals surface area (Å²) in [5.74, 6) is 0.133. The van der Waals surface area contributed by atoms with Crippen LogP contribution in [-0.2, 0) is 0 Å². The second-order valence-corrected chi connectivity index (χ2v) is 5.26. The van der Waals surface area contributed by atoms with Gasteiger partial charge in [0.25, 0.3) is 5.91 Å². The van der Waals surface area contributed by atoms with Crippen molar-refractivity contribution in [3.05, 3.63) is 54.0 Å². The van der Waals surface area contributed by atoms with E-state index < -0.39 is 0 Å². The molecule has 0 aliphatic carbocycles. The number of hydrogen-bond acceptors (Lipinski definition) is 6. The largest absolute Gasteiger partial charge is 0.339 e. The lowest BCUT2D eigenvalue weighted by Gasteiger charge is -2.09. The van der Waals surface area contributed by atoms with Gasteiger partial charge in [-0.15, -0.1) is 0 Å². The van der Waals surface area contributed by atoms with Gasteiger partial charge in [-0.2, -0.15) is 10.4 Å². The van der Waals surface area contributed by atoms with Gasteiger partial charge in [-0.25, -0.2) is 9.97 Å². The molecule has 0 radical (unpaired) electrons.